The number of anilines is 1. The maximum Gasteiger partial charge on any atom is 0.139 e. The van der Waals surface area contributed by atoms with Gasteiger partial charge in [0.15, 0.2) is 0 Å². The molecule has 102 valence electrons. The van der Waals surface area contributed by atoms with Crippen LogP contribution in [-0.2, 0) is 0 Å². The minimum absolute atomic E-state index is 0.613. The van der Waals surface area contributed by atoms with Crippen LogP contribution in [0.15, 0.2) is 39.3 Å². The fourth-order valence-electron chi connectivity index (χ4n) is 2.17. The number of pyridine rings is 1. The highest BCUT2D eigenvalue weighted by atomic mass is 79.9. The molecule has 0 bridgehead atoms. The molecule has 3 nitrogen and oxygen atoms in total. The van der Waals surface area contributed by atoms with Crippen LogP contribution in [0.25, 0.3) is 16.9 Å². The van der Waals surface area contributed by atoms with Crippen molar-refractivity contribution in [2.75, 3.05) is 5.73 Å². The molecule has 0 fully saturated rings. The molecule has 2 heterocycles. The van der Waals surface area contributed by atoms with Crippen molar-refractivity contribution in [3.63, 3.8) is 0 Å². The number of benzene rings is 1. The number of fused-ring (bicyclic) bond motifs is 1. The van der Waals surface area contributed by atoms with Gasteiger partial charge in [-0.25, -0.2) is 4.98 Å². The summed E-state index contributed by atoms with van der Waals surface area (Å²) >= 11 is 13.0. The lowest BCUT2D eigenvalue weighted by atomic mass is 10.1. The Morgan fingerprint density at radius 1 is 1.15 bits per heavy atom. The third kappa shape index (κ3) is 2.14. The number of imidazole rings is 1. The van der Waals surface area contributed by atoms with Crippen LogP contribution in [0.4, 0.5) is 5.82 Å². The van der Waals surface area contributed by atoms with E-state index in [0.717, 1.165) is 31.5 Å². The third-order valence-electron chi connectivity index (χ3n) is 3.19. The van der Waals surface area contributed by atoms with Crippen molar-refractivity contribution >= 4 is 54.9 Å². The first-order valence-corrected chi connectivity index (χ1v) is 7.84. The van der Waals surface area contributed by atoms with E-state index in [1.54, 1.807) is 0 Å². The molecule has 0 aliphatic heterocycles. The molecular formula is C14H10Br2ClN3. The molecule has 3 aromatic rings. The smallest absolute Gasteiger partial charge is 0.139 e. The van der Waals surface area contributed by atoms with Gasteiger partial charge in [-0.15, -0.1) is 0 Å². The highest BCUT2D eigenvalue weighted by molar-refractivity contribution is 9.10. The maximum absolute atomic E-state index is 6.27. The van der Waals surface area contributed by atoms with E-state index in [2.05, 4.69) is 36.8 Å². The highest BCUT2D eigenvalue weighted by Crippen LogP contribution is 2.35. The highest BCUT2D eigenvalue weighted by Gasteiger charge is 2.16. The summed E-state index contributed by atoms with van der Waals surface area (Å²) in [4.78, 5) is 4.62. The summed E-state index contributed by atoms with van der Waals surface area (Å²) in [5.74, 6) is 0.613. The van der Waals surface area contributed by atoms with Gasteiger partial charge in [-0.1, -0.05) is 33.6 Å². The van der Waals surface area contributed by atoms with E-state index in [4.69, 9.17) is 17.3 Å². The zero-order chi connectivity index (χ0) is 14.4. The summed E-state index contributed by atoms with van der Waals surface area (Å²) in [5.41, 5.74) is 9.78. The summed E-state index contributed by atoms with van der Waals surface area (Å²) in [6, 6.07) is 9.48. The second-order valence-corrected chi connectivity index (χ2v) is 6.58. The van der Waals surface area contributed by atoms with E-state index in [0.29, 0.717) is 10.8 Å². The van der Waals surface area contributed by atoms with Crippen molar-refractivity contribution in [1.29, 1.82) is 0 Å². The molecule has 0 spiro atoms. The van der Waals surface area contributed by atoms with Gasteiger partial charge in [0.25, 0.3) is 0 Å². The van der Waals surface area contributed by atoms with Crippen molar-refractivity contribution in [1.82, 2.24) is 9.38 Å². The predicted octanol–water partition coefficient (Wildman–Crippen LogP) is 5.07. The van der Waals surface area contributed by atoms with Gasteiger partial charge in [-0.05, 0) is 47.1 Å². The number of halogens is 3. The first-order valence-electron chi connectivity index (χ1n) is 5.87. The third-order valence-corrected chi connectivity index (χ3v) is 4.91. The van der Waals surface area contributed by atoms with Crippen molar-refractivity contribution in [3.8, 4) is 11.3 Å². The number of hydrogen-bond acceptors (Lipinski definition) is 2. The fraction of sp³-hybridized carbons (Fsp3) is 0.0714. The lowest BCUT2D eigenvalue weighted by molar-refractivity contribution is 1.09. The van der Waals surface area contributed by atoms with Gasteiger partial charge < -0.3 is 5.73 Å². The molecule has 3 rings (SSSR count). The number of nitrogens with zero attached hydrogens (tertiary/aromatic N) is 2. The molecule has 0 unspecified atom stereocenters. The quantitative estimate of drug-likeness (QED) is 0.603. The van der Waals surface area contributed by atoms with Crippen LogP contribution in [-0.4, -0.2) is 9.38 Å². The number of rotatable bonds is 1. The van der Waals surface area contributed by atoms with Crippen LogP contribution in [0.3, 0.4) is 0 Å². The lowest BCUT2D eigenvalue weighted by Gasteiger charge is -2.05. The normalized spacial score (nSPS) is 11.2. The Bertz CT molecular complexity index is 827. The maximum atomic E-state index is 6.27. The second kappa shape index (κ2) is 5.06. The molecular weight excluding hydrogens is 405 g/mol. The topological polar surface area (TPSA) is 43.3 Å². The first-order chi connectivity index (χ1) is 9.49. The first kappa shape index (κ1) is 13.9. The average molecular weight is 416 g/mol. The van der Waals surface area contributed by atoms with Gasteiger partial charge in [-0.3, -0.25) is 4.40 Å². The molecule has 6 heteroatoms. The molecule has 1 aromatic carbocycles. The number of hydrogen-bond donors (Lipinski definition) is 1. The second-order valence-electron chi connectivity index (χ2n) is 4.43. The molecule has 0 aliphatic rings. The molecule has 0 radical (unpaired) electrons. The number of aryl methyl sites for hydroxylation is 1. The Morgan fingerprint density at radius 3 is 2.60 bits per heavy atom. The molecule has 2 aromatic heterocycles. The van der Waals surface area contributed by atoms with Crippen molar-refractivity contribution in [2.45, 2.75) is 6.92 Å². The van der Waals surface area contributed by atoms with Crippen molar-refractivity contribution < 1.29 is 0 Å². The summed E-state index contributed by atoms with van der Waals surface area (Å²) in [6.07, 6.45) is 0. The Balaban J connectivity index is 2.32. The molecule has 0 saturated carbocycles. The Kier molecular flexibility index (Phi) is 3.52. The van der Waals surface area contributed by atoms with Gasteiger partial charge in [0, 0.05) is 25.2 Å². The fourth-order valence-corrected chi connectivity index (χ4v) is 3.35. The average Bonchev–Trinajstić information content (AvgIpc) is 2.72. The van der Waals surface area contributed by atoms with E-state index in [1.165, 1.54) is 0 Å². The minimum Gasteiger partial charge on any atom is -0.383 e. The van der Waals surface area contributed by atoms with Crippen molar-refractivity contribution in [3.05, 3.63) is 50.0 Å². The van der Waals surface area contributed by atoms with Gasteiger partial charge in [0.2, 0.25) is 0 Å². The zero-order valence-electron chi connectivity index (χ0n) is 10.5. The van der Waals surface area contributed by atoms with Crippen LogP contribution in [0.5, 0.6) is 0 Å². The van der Waals surface area contributed by atoms with Crippen LogP contribution in [0.2, 0.25) is 5.02 Å². The van der Waals surface area contributed by atoms with E-state index in [9.17, 15) is 0 Å². The van der Waals surface area contributed by atoms with E-state index in [-0.39, 0.29) is 0 Å². The predicted molar refractivity (Wildman–Crippen MR) is 90.2 cm³/mol. The summed E-state index contributed by atoms with van der Waals surface area (Å²) in [7, 11) is 0. The molecule has 0 atom stereocenters. The summed E-state index contributed by atoms with van der Waals surface area (Å²) in [5, 5.41) is 0.668. The van der Waals surface area contributed by atoms with Gasteiger partial charge in [0.1, 0.15) is 17.2 Å². The van der Waals surface area contributed by atoms with Gasteiger partial charge >= 0.3 is 0 Å². The summed E-state index contributed by atoms with van der Waals surface area (Å²) in [6.45, 7) is 2.00. The Labute approximate surface area is 138 Å². The lowest BCUT2D eigenvalue weighted by Crippen LogP contribution is -1.98. The SMILES string of the molecule is Cc1c(Br)ccc2nc(-c3ccc(Cl)cc3Br)c(N)n12. The minimum atomic E-state index is 0.613. The molecule has 0 aliphatic carbocycles. The van der Waals surface area contributed by atoms with E-state index < -0.39 is 0 Å². The zero-order valence-corrected chi connectivity index (χ0v) is 14.4. The molecule has 2 N–H and O–H groups in total. The summed E-state index contributed by atoms with van der Waals surface area (Å²) < 4.78 is 3.80. The van der Waals surface area contributed by atoms with Crippen molar-refractivity contribution in [2.24, 2.45) is 0 Å². The van der Waals surface area contributed by atoms with Crippen LogP contribution >= 0.6 is 43.5 Å². The molecule has 0 amide bonds. The van der Waals surface area contributed by atoms with Crippen LogP contribution in [0.1, 0.15) is 5.69 Å². The van der Waals surface area contributed by atoms with Gasteiger partial charge in [-0.2, -0.15) is 0 Å². The van der Waals surface area contributed by atoms with Crippen LogP contribution < -0.4 is 5.73 Å². The van der Waals surface area contributed by atoms with Crippen LogP contribution in [0, 0.1) is 6.92 Å². The monoisotopic (exact) mass is 413 g/mol. The largest absolute Gasteiger partial charge is 0.383 e. The Morgan fingerprint density at radius 2 is 1.90 bits per heavy atom. The number of aromatic nitrogens is 2. The van der Waals surface area contributed by atoms with E-state index >= 15 is 0 Å². The van der Waals surface area contributed by atoms with Gasteiger partial charge in [0.05, 0.1) is 0 Å². The molecule has 20 heavy (non-hydrogen) atoms. The molecule has 0 saturated heterocycles. The standard InChI is InChI=1S/C14H10Br2ClN3/c1-7-10(15)4-5-12-19-13(14(18)20(7)12)9-3-2-8(17)6-11(9)16/h2-6H,18H2,1H3. The Hall–Kier alpha value is -1.04. The number of nitrogens with two attached hydrogens (primary N) is 1. The van der Waals surface area contributed by atoms with E-state index in [1.807, 2.05) is 41.7 Å². The number of nitrogen functional groups attached to an aromatic ring is 1.